The number of rotatable bonds is 6. The van der Waals surface area contributed by atoms with Crippen molar-refractivity contribution in [2.75, 3.05) is 6.61 Å². The normalized spacial score (nSPS) is 20.6. The number of hydrogen-bond acceptors (Lipinski definition) is 7. The smallest absolute Gasteiger partial charge is 0.280 e. The molecule has 2 N–H and O–H groups in total. The van der Waals surface area contributed by atoms with Crippen LogP contribution in [0, 0.1) is 11.7 Å². The minimum Gasteiger partial charge on any atom is -0.489 e. The van der Waals surface area contributed by atoms with E-state index in [4.69, 9.17) is 21.1 Å². The molecule has 1 heterocycles. The van der Waals surface area contributed by atoms with E-state index in [0.717, 1.165) is 0 Å². The zero-order chi connectivity index (χ0) is 23.7. The van der Waals surface area contributed by atoms with Crippen molar-refractivity contribution < 1.29 is 37.5 Å². The number of hydroxylamine groups is 2. The van der Waals surface area contributed by atoms with E-state index in [1.54, 1.807) is 0 Å². The molecule has 1 amide bonds. The summed E-state index contributed by atoms with van der Waals surface area (Å²) in [5.41, 5.74) is -0.665. The predicted octanol–water partition coefficient (Wildman–Crippen LogP) is 3.62. The molecule has 11 heteroatoms. The minimum atomic E-state index is -4.02. The summed E-state index contributed by atoms with van der Waals surface area (Å²) in [6.45, 7) is 3.20. The number of ether oxygens (including phenoxy) is 2. The average molecular weight is 488 g/mol. The second-order valence-corrected chi connectivity index (χ2v) is 10.5. The molecule has 2 unspecified atom stereocenters. The Bertz CT molecular complexity index is 1090. The van der Waals surface area contributed by atoms with Crippen molar-refractivity contribution in [1.29, 1.82) is 0 Å². The highest BCUT2D eigenvalue weighted by molar-refractivity contribution is 7.92. The molecular formula is C21H23ClFNO7S. The van der Waals surface area contributed by atoms with Crippen molar-refractivity contribution in [1.82, 2.24) is 5.23 Å². The first-order valence-electron chi connectivity index (χ1n) is 9.70. The molecule has 0 saturated carbocycles. The Morgan fingerprint density at radius 3 is 2.50 bits per heavy atom. The first kappa shape index (κ1) is 24.4. The molecular weight excluding hydrogens is 465 g/mol. The van der Waals surface area contributed by atoms with E-state index >= 15 is 0 Å². The molecule has 32 heavy (non-hydrogen) atoms. The summed E-state index contributed by atoms with van der Waals surface area (Å²) in [5.74, 6) is -2.60. The highest BCUT2D eigenvalue weighted by Gasteiger charge is 2.51. The van der Waals surface area contributed by atoms with Crippen LogP contribution in [0.25, 0.3) is 0 Å². The van der Waals surface area contributed by atoms with Gasteiger partial charge in [-0.25, -0.2) is 12.8 Å². The van der Waals surface area contributed by atoms with E-state index in [-0.39, 0.29) is 29.6 Å². The molecule has 0 radical (unpaired) electrons. The van der Waals surface area contributed by atoms with E-state index in [0.29, 0.717) is 11.3 Å². The molecule has 3 rings (SSSR count). The van der Waals surface area contributed by atoms with Crippen LogP contribution in [0.5, 0.6) is 5.75 Å². The summed E-state index contributed by atoms with van der Waals surface area (Å²) in [6.07, 6.45) is 0.0112. The van der Waals surface area contributed by atoms with Crippen molar-refractivity contribution >= 4 is 27.3 Å². The van der Waals surface area contributed by atoms with Crippen molar-refractivity contribution in [2.24, 2.45) is 5.92 Å². The Balaban J connectivity index is 1.81. The van der Waals surface area contributed by atoms with Gasteiger partial charge in [0.2, 0.25) is 0 Å². The molecule has 0 spiro atoms. The van der Waals surface area contributed by atoms with Gasteiger partial charge in [-0.15, -0.1) is 0 Å². The van der Waals surface area contributed by atoms with Crippen LogP contribution in [0.1, 0.15) is 25.8 Å². The van der Waals surface area contributed by atoms with Gasteiger partial charge in [-0.1, -0.05) is 22.9 Å². The summed E-state index contributed by atoms with van der Waals surface area (Å²) in [7, 11) is -4.02. The standard InChI is InChI=1S/C21H23ClFNO7S/c1-21(2)19(20(25)24(26)27)18(9-10-31-21)32(28,29)16-7-5-15(6-8-16)30-12-13-3-4-14(23)11-17(13)22/h3-8,11,18-19,26-27H,9-10,12H2,1-2H3. The topological polar surface area (TPSA) is 113 Å². The van der Waals surface area contributed by atoms with E-state index < -0.39 is 43.6 Å². The van der Waals surface area contributed by atoms with Crippen LogP contribution >= 0.6 is 11.6 Å². The number of nitrogens with zero attached hydrogens (tertiary/aromatic N) is 1. The zero-order valence-corrected chi connectivity index (χ0v) is 18.9. The SMILES string of the molecule is CC1(C)OCCC(S(=O)(=O)c2ccc(OCc3ccc(F)cc3Cl)cc2)C1C(=O)N(O)O. The lowest BCUT2D eigenvalue weighted by molar-refractivity contribution is -0.293. The summed E-state index contributed by atoms with van der Waals surface area (Å²) in [5, 5.41) is 16.9. The Kier molecular flexibility index (Phi) is 7.11. The largest absolute Gasteiger partial charge is 0.489 e. The number of sulfone groups is 1. The molecule has 2 aromatic carbocycles. The fourth-order valence-corrected chi connectivity index (χ4v) is 6.05. The number of hydrogen-bond donors (Lipinski definition) is 2. The Morgan fingerprint density at radius 2 is 1.91 bits per heavy atom. The molecule has 0 aliphatic carbocycles. The van der Waals surface area contributed by atoms with Gasteiger partial charge >= 0.3 is 0 Å². The first-order valence-corrected chi connectivity index (χ1v) is 11.6. The maximum atomic E-state index is 13.3. The van der Waals surface area contributed by atoms with Gasteiger partial charge in [-0.2, -0.15) is 0 Å². The molecule has 1 aliphatic heterocycles. The molecule has 174 valence electrons. The average Bonchev–Trinajstić information content (AvgIpc) is 2.72. The van der Waals surface area contributed by atoms with Crippen molar-refractivity contribution in [3.05, 3.63) is 58.9 Å². The zero-order valence-electron chi connectivity index (χ0n) is 17.4. The van der Waals surface area contributed by atoms with Crippen molar-refractivity contribution in [2.45, 2.75) is 42.6 Å². The number of benzene rings is 2. The van der Waals surface area contributed by atoms with Gasteiger partial charge in [0.05, 0.1) is 26.7 Å². The van der Waals surface area contributed by atoms with Gasteiger partial charge in [0.25, 0.3) is 5.91 Å². The quantitative estimate of drug-likeness (QED) is 0.472. The lowest BCUT2D eigenvalue weighted by Crippen LogP contribution is -2.56. The predicted molar refractivity (Wildman–Crippen MR) is 112 cm³/mol. The molecule has 2 atom stereocenters. The van der Waals surface area contributed by atoms with Crippen LogP contribution in [-0.2, 0) is 26.0 Å². The molecule has 0 aromatic heterocycles. The van der Waals surface area contributed by atoms with Gasteiger partial charge in [-0.3, -0.25) is 15.2 Å². The Morgan fingerprint density at radius 1 is 1.25 bits per heavy atom. The third-order valence-electron chi connectivity index (χ3n) is 5.42. The Labute approximate surface area is 190 Å². The number of carbonyl (C=O) groups is 1. The van der Waals surface area contributed by atoms with Crippen LogP contribution < -0.4 is 4.74 Å². The lowest BCUT2D eigenvalue weighted by Gasteiger charge is -2.42. The maximum absolute atomic E-state index is 13.3. The monoisotopic (exact) mass is 487 g/mol. The second kappa shape index (κ2) is 9.32. The third kappa shape index (κ3) is 5.05. The van der Waals surface area contributed by atoms with Gasteiger partial charge in [0.15, 0.2) is 9.84 Å². The lowest BCUT2D eigenvalue weighted by atomic mass is 9.83. The van der Waals surface area contributed by atoms with Crippen molar-refractivity contribution in [3.8, 4) is 5.75 Å². The first-order chi connectivity index (χ1) is 14.9. The highest BCUT2D eigenvalue weighted by atomic mass is 35.5. The summed E-state index contributed by atoms with van der Waals surface area (Å²) < 4.78 is 50.9. The maximum Gasteiger partial charge on any atom is 0.280 e. The summed E-state index contributed by atoms with van der Waals surface area (Å²) >= 11 is 5.98. The minimum absolute atomic E-state index is 0.0112. The fraction of sp³-hybridized carbons (Fsp3) is 0.381. The third-order valence-corrected chi connectivity index (χ3v) is 8.01. The van der Waals surface area contributed by atoms with E-state index in [2.05, 4.69) is 0 Å². The summed E-state index contributed by atoms with van der Waals surface area (Å²) in [6, 6.07) is 9.52. The van der Waals surface area contributed by atoms with Gasteiger partial charge in [-0.05, 0) is 56.7 Å². The van der Waals surface area contributed by atoms with Gasteiger partial charge in [0.1, 0.15) is 18.2 Å². The van der Waals surface area contributed by atoms with Crippen LogP contribution in [-0.4, -0.2) is 47.4 Å². The van der Waals surface area contributed by atoms with E-state index in [1.807, 2.05) is 0 Å². The molecule has 0 bridgehead atoms. The van der Waals surface area contributed by atoms with Crippen LogP contribution in [0.4, 0.5) is 4.39 Å². The van der Waals surface area contributed by atoms with Crippen molar-refractivity contribution in [3.63, 3.8) is 0 Å². The van der Waals surface area contributed by atoms with Gasteiger partial charge < -0.3 is 9.47 Å². The highest BCUT2D eigenvalue weighted by Crippen LogP contribution is 2.38. The molecule has 8 nitrogen and oxygen atoms in total. The molecule has 2 aromatic rings. The van der Waals surface area contributed by atoms with Gasteiger partial charge in [0, 0.05) is 12.2 Å². The number of amides is 1. The number of carbonyl (C=O) groups excluding carboxylic acids is 1. The number of halogens is 2. The molecule has 1 aliphatic rings. The summed E-state index contributed by atoms with van der Waals surface area (Å²) in [4.78, 5) is 12.3. The van der Waals surface area contributed by atoms with Crippen LogP contribution in [0.2, 0.25) is 5.02 Å². The van der Waals surface area contributed by atoms with Crippen LogP contribution in [0.15, 0.2) is 47.4 Å². The van der Waals surface area contributed by atoms with E-state index in [1.165, 1.54) is 56.3 Å². The Hall–Kier alpha value is -2.24. The van der Waals surface area contributed by atoms with Crippen LogP contribution in [0.3, 0.4) is 0 Å². The van der Waals surface area contributed by atoms with E-state index in [9.17, 15) is 28.0 Å². The fourth-order valence-electron chi connectivity index (χ4n) is 3.76. The molecule has 1 saturated heterocycles. The second-order valence-electron chi connectivity index (χ2n) is 7.93. The molecule has 1 fully saturated rings.